The standard InChI is InChI=1S/C7H15N3/c1-7-6-9-3-5-10(7)4-2-8/h3,5,7,9H,2,4,6,8H2,1H3. The largest absolute Gasteiger partial charge is 0.388 e. The molecule has 0 spiro atoms. The first kappa shape index (κ1) is 7.41. The van der Waals surface area contributed by atoms with Crippen molar-refractivity contribution in [2.24, 2.45) is 5.73 Å². The predicted octanol–water partition coefficient (Wildman–Crippen LogP) is -0.290. The SMILES string of the molecule is CC1CNC=CN1CCN. The Kier molecular flexibility index (Phi) is 2.57. The Bertz CT molecular complexity index is 122. The minimum Gasteiger partial charge on any atom is -0.388 e. The fourth-order valence-electron chi connectivity index (χ4n) is 1.10. The summed E-state index contributed by atoms with van der Waals surface area (Å²) in [6.45, 7) is 4.90. The van der Waals surface area contributed by atoms with Crippen LogP contribution in [-0.2, 0) is 0 Å². The summed E-state index contributed by atoms with van der Waals surface area (Å²) in [4.78, 5) is 2.25. The molecule has 1 atom stereocenters. The van der Waals surface area contributed by atoms with E-state index in [2.05, 4.69) is 23.3 Å². The van der Waals surface area contributed by atoms with Gasteiger partial charge in [-0.3, -0.25) is 0 Å². The monoisotopic (exact) mass is 141 g/mol. The number of nitrogens with one attached hydrogen (secondary N) is 1. The van der Waals surface area contributed by atoms with Crippen LogP contribution in [-0.4, -0.2) is 30.6 Å². The van der Waals surface area contributed by atoms with Gasteiger partial charge in [0.15, 0.2) is 0 Å². The average molecular weight is 141 g/mol. The lowest BCUT2D eigenvalue weighted by Gasteiger charge is -2.30. The van der Waals surface area contributed by atoms with Gasteiger partial charge in [-0.25, -0.2) is 0 Å². The van der Waals surface area contributed by atoms with E-state index in [0.717, 1.165) is 19.6 Å². The van der Waals surface area contributed by atoms with Crippen LogP contribution in [0.25, 0.3) is 0 Å². The van der Waals surface area contributed by atoms with Gasteiger partial charge in [-0.05, 0) is 6.92 Å². The molecule has 10 heavy (non-hydrogen) atoms. The van der Waals surface area contributed by atoms with Crippen molar-refractivity contribution in [3.63, 3.8) is 0 Å². The molecule has 0 aliphatic carbocycles. The smallest absolute Gasteiger partial charge is 0.0429 e. The Balaban J connectivity index is 2.39. The van der Waals surface area contributed by atoms with Crippen LogP contribution in [0.2, 0.25) is 0 Å². The van der Waals surface area contributed by atoms with Gasteiger partial charge in [-0.1, -0.05) is 0 Å². The third-order valence-electron chi connectivity index (χ3n) is 1.75. The van der Waals surface area contributed by atoms with Gasteiger partial charge in [0.2, 0.25) is 0 Å². The van der Waals surface area contributed by atoms with Crippen LogP contribution in [0.1, 0.15) is 6.92 Å². The molecular weight excluding hydrogens is 126 g/mol. The molecule has 0 bridgehead atoms. The van der Waals surface area contributed by atoms with Gasteiger partial charge in [0, 0.05) is 38.1 Å². The molecule has 3 heteroatoms. The van der Waals surface area contributed by atoms with E-state index in [1.54, 1.807) is 0 Å². The van der Waals surface area contributed by atoms with E-state index in [1.165, 1.54) is 0 Å². The Morgan fingerprint density at radius 2 is 2.60 bits per heavy atom. The predicted molar refractivity (Wildman–Crippen MR) is 42.4 cm³/mol. The second-order valence-electron chi connectivity index (χ2n) is 2.60. The molecule has 0 radical (unpaired) electrons. The number of nitrogens with two attached hydrogens (primary N) is 1. The lowest BCUT2D eigenvalue weighted by molar-refractivity contribution is 0.281. The van der Waals surface area contributed by atoms with Crippen molar-refractivity contribution in [3.05, 3.63) is 12.4 Å². The molecule has 58 valence electrons. The van der Waals surface area contributed by atoms with E-state index < -0.39 is 0 Å². The van der Waals surface area contributed by atoms with Crippen molar-refractivity contribution in [1.29, 1.82) is 0 Å². The van der Waals surface area contributed by atoms with E-state index in [0.29, 0.717) is 6.04 Å². The van der Waals surface area contributed by atoms with Gasteiger partial charge in [-0.15, -0.1) is 0 Å². The van der Waals surface area contributed by atoms with Gasteiger partial charge < -0.3 is 16.0 Å². The first-order valence-corrected chi connectivity index (χ1v) is 3.70. The molecule has 1 aliphatic heterocycles. The van der Waals surface area contributed by atoms with Crippen LogP contribution in [0.5, 0.6) is 0 Å². The Hall–Kier alpha value is -0.700. The Labute approximate surface area is 61.9 Å². The highest BCUT2D eigenvalue weighted by Crippen LogP contribution is 2.01. The molecule has 1 rings (SSSR count). The van der Waals surface area contributed by atoms with E-state index in [4.69, 9.17) is 5.73 Å². The summed E-state index contributed by atoms with van der Waals surface area (Å²) in [5, 5.41) is 3.16. The Morgan fingerprint density at radius 3 is 3.20 bits per heavy atom. The second-order valence-corrected chi connectivity index (χ2v) is 2.60. The van der Waals surface area contributed by atoms with Crippen molar-refractivity contribution in [3.8, 4) is 0 Å². The third kappa shape index (κ3) is 1.64. The van der Waals surface area contributed by atoms with Crippen molar-refractivity contribution in [2.45, 2.75) is 13.0 Å². The van der Waals surface area contributed by atoms with Gasteiger partial charge in [0.1, 0.15) is 0 Å². The van der Waals surface area contributed by atoms with E-state index >= 15 is 0 Å². The van der Waals surface area contributed by atoms with Gasteiger partial charge in [0.05, 0.1) is 0 Å². The van der Waals surface area contributed by atoms with E-state index in [9.17, 15) is 0 Å². The van der Waals surface area contributed by atoms with Crippen molar-refractivity contribution >= 4 is 0 Å². The highest BCUT2D eigenvalue weighted by Gasteiger charge is 2.10. The summed E-state index contributed by atoms with van der Waals surface area (Å²) in [5.74, 6) is 0. The molecule has 1 unspecified atom stereocenters. The van der Waals surface area contributed by atoms with E-state index in [-0.39, 0.29) is 0 Å². The minimum absolute atomic E-state index is 0.577. The number of hydrogen-bond acceptors (Lipinski definition) is 3. The summed E-state index contributed by atoms with van der Waals surface area (Å²) >= 11 is 0. The number of nitrogens with zero attached hydrogens (tertiary/aromatic N) is 1. The fraction of sp³-hybridized carbons (Fsp3) is 0.714. The third-order valence-corrected chi connectivity index (χ3v) is 1.75. The van der Waals surface area contributed by atoms with Crippen molar-refractivity contribution in [1.82, 2.24) is 10.2 Å². The van der Waals surface area contributed by atoms with Crippen LogP contribution < -0.4 is 11.1 Å². The minimum atomic E-state index is 0.577. The van der Waals surface area contributed by atoms with Crippen molar-refractivity contribution < 1.29 is 0 Å². The van der Waals surface area contributed by atoms with Gasteiger partial charge in [0.25, 0.3) is 0 Å². The van der Waals surface area contributed by atoms with E-state index in [1.807, 2.05) is 6.20 Å². The molecule has 1 aliphatic rings. The zero-order chi connectivity index (χ0) is 7.40. The maximum absolute atomic E-state index is 5.43. The maximum atomic E-state index is 5.43. The summed E-state index contributed by atoms with van der Waals surface area (Å²) in [5.41, 5.74) is 5.43. The van der Waals surface area contributed by atoms with Gasteiger partial charge in [-0.2, -0.15) is 0 Å². The van der Waals surface area contributed by atoms with Crippen LogP contribution in [0.3, 0.4) is 0 Å². The lowest BCUT2D eigenvalue weighted by atomic mass is 10.2. The fourth-order valence-corrected chi connectivity index (χ4v) is 1.10. The molecule has 3 nitrogen and oxygen atoms in total. The summed E-state index contributed by atoms with van der Waals surface area (Å²) in [7, 11) is 0. The summed E-state index contributed by atoms with van der Waals surface area (Å²) in [6, 6.07) is 0.577. The summed E-state index contributed by atoms with van der Waals surface area (Å²) in [6.07, 6.45) is 4.02. The van der Waals surface area contributed by atoms with Gasteiger partial charge >= 0.3 is 0 Å². The van der Waals surface area contributed by atoms with Crippen molar-refractivity contribution in [2.75, 3.05) is 19.6 Å². The molecule has 0 fully saturated rings. The molecule has 0 aromatic heterocycles. The quantitative estimate of drug-likeness (QED) is 0.555. The van der Waals surface area contributed by atoms with Crippen LogP contribution >= 0.6 is 0 Å². The number of hydrogen-bond donors (Lipinski definition) is 2. The Morgan fingerprint density at radius 1 is 1.80 bits per heavy atom. The molecule has 1 heterocycles. The van der Waals surface area contributed by atoms with Crippen LogP contribution in [0, 0.1) is 0 Å². The molecular formula is C7H15N3. The molecule has 0 saturated heterocycles. The molecule has 0 amide bonds. The second kappa shape index (κ2) is 3.46. The normalized spacial score (nSPS) is 24.6. The summed E-state index contributed by atoms with van der Waals surface area (Å²) < 4.78 is 0. The highest BCUT2D eigenvalue weighted by molar-refractivity contribution is 4.90. The molecule has 0 aromatic carbocycles. The first-order chi connectivity index (χ1) is 4.84. The molecule has 3 N–H and O–H groups in total. The molecule has 0 aromatic rings. The zero-order valence-electron chi connectivity index (χ0n) is 6.38. The average Bonchev–Trinajstić information content (AvgIpc) is 1.94. The maximum Gasteiger partial charge on any atom is 0.0429 e. The van der Waals surface area contributed by atoms with Crippen LogP contribution in [0.15, 0.2) is 12.4 Å². The molecule has 0 saturated carbocycles. The zero-order valence-corrected chi connectivity index (χ0v) is 6.38. The highest BCUT2D eigenvalue weighted by atomic mass is 15.2. The topological polar surface area (TPSA) is 41.3 Å². The lowest BCUT2D eigenvalue weighted by Crippen LogP contribution is -2.41. The first-order valence-electron chi connectivity index (χ1n) is 3.70. The number of rotatable bonds is 2. The van der Waals surface area contributed by atoms with Crippen LogP contribution in [0.4, 0.5) is 0 Å².